The molecule has 4 aromatic rings. The molecule has 6 rings (SSSR count). The van der Waals surface area contributed by atoms with E-state index in [1.165, 1.54) is 17.0 Å². The lowest BCUT2D eigenvalue weighted by molar-refractivity contribution is 0.313. The molecule has 0 spiro atoms. The maximum atomic E-state index is 13.4. The number of likely N-dealkylation sites (N-methyl/N-ethyl adjacent to an activating group) is 1. The Bertz CT molecular complexity index is 1520. The monoisotopic (exact) mass is 515 g/mol. The Balaban J connectivity index is 1.26. The average Bonchev–Trinajstić information content (AvgIpc) is 3.62. The molecule has 0 bridgehead atoms. The lowest BCUT2D eigenvalue weighted by atomic mass is 10.2. The molecule has 37 heavy (non-hydrogen) atoms. The zero-order valence-electron chi connectivity index (χ0n) is 20.9. The molecule has 0 saturated carbocycles. The topological polar surface area (TPSA) is 103 Å². The Hall–Kier alpha value is -3.96. The van der Waals surface area contributed by atoms with Crippen LogP contribution in [0.3, 0.4) is 0 Å². The quantitative estimate of drug-likeness (QED) is 0.360. The molecule has 0 radical (unpaired) electrons. The Labute approximate surface area is 218 Å². The molecule has 11 heteroatoms. The van der Waals surface area contributed by atoms with Gasteiger partial charge in [-0.2, -0.15) is 10.1 Å². The Morgan fingerprint density at radius 1 is 1.05 bits per heavy atom. The van der Waals surface area contributed by atoms with Crippen molar-refractivity contribution in [2.24, 2.45) is 5.10 Å². The normalized spacial score (nSPS) is 15.9. The molecule has 1 aromatic carbocycles. The number of benzene rings is 1. The van der Waals surface area contributed by atoms with Crippen molar-refractivity contribution in [1.82, 2.24) is 30.2 Å². The number of hydrazone groups is 1. The highest BCUT2D eigenvalue weighted by atomic mass is 32.1. The molecule has 2 aliphatic rings. The number of anilines is 3. The van der Waals surface area contributed by atoms with Crippen LogP contribution in [0.4, 0.5) is 17.3 Å². The zero-order chi connectivity index (χ0) is 25.4. The minimum Gasteiger partial charge on any atom is -0.369 e. The Kier molecular flexibility index (Phi) is 6.23. The summed E-state index contributed by atoms with van der Waals surface area (Å²) < 4.78 is 1.71. The van der Waals surface area contributed by atoms with Crippen LogP contribution in [0.5, 0.6) is 0 Å². The van der Waals surface area contributed by atoms with Crippen molar-refractivity contribution in [3.8, 4) is 10.4 Å². The van der Waals surface area contributed by atoms with E-state index in [0.29, 0.717) is 30.4 Å². The summed E-state index contributed by atoms with van der Waals surface area (Å²) >= 11 is 1.54. The van der Waals surface area contributed by atoms with Crippen molar-refractivity contribution in [2.45, 2.75) is 13.5 Å². The van der Waals surface area contributed by atoms with Crippen LogP contribution in [0.15, 0.2) is 58.6 Å². The molecule has 0 atom stereocenters. The summed E-state index contributed by atoms with van der Waals surface area (Å²) in [5.74, 6) is 1.26. The molecule has 1 saturated heterocycles. The first kappa shape index (κ1) is 23.4. The van der Waals surface area contributed by atoms with Crippen molar-refractivity contribution < 1.29 is 0 Å². The third-order valence-corrected chi connectivity index (χ3v) is 7.89. The second-order valence-corrected chi connectivity index (χ2v) is 10.3. The molecule has 190 valence electrons. The number of amidine groups is 1. The molecular formula is C26H29N9OS. The predicted molar refractivity (Wildman–Crippen MR) is 150 cm³/mol. The third kappa shape index (κ3) is 4.63. The number of thiophene rings is 1. The maximum absolute atomic E-state index is 13.4. The van der Waals surface area contributed by atoms with E-state index in [4.69, 9.17) is 4.98 Å². The Morgan fingerprint density at radius 2 is 1.84 bits per heavy atom. The summed E-state index contributed by atoms with van der Waals surface area (Å²) in [7, 11) is 2.16. The minimum atomic E-state index is -0.0657. The highest BCUT2D eigenvalue weighted by Gasteiger charge is 2.17. The number of rotatable bonds is 6. The van der Waals surface area contributed by atoms with Crippen LogP contribution in [0, 0.1) is 0 Å². The van der Waals surface area contributed by atoms with Gasteiger partial charge in [-0.1, -0.05) is 0 Å². The van der Waals surface area contributed by atoms with E-state index in [9.17, 15) is 4.79 Å². The number of hydrogen-bond acceptors (Lipinski definition) is 10. The molecule has 1 fully saturated rings. The first-order valence-electron chi connectivity index (χ1n) is 12.5. The molecule has 0 amide bonds. The maximum Gasteiger partial charge on any atom is 0.260 e. The molecule has 5 heterocycles. The number of hydrogen-bond donors (Lipinski definition) is 3. The summed E-state index contributed by atoms with van der Waals surface area (Å²) in [5, 5.41) is 11.5. The van der Waals surface area contributed by atoms with Crippen LogP contribution in [0.1, 0.15) is 11.8 Å². The van der Waals surface area contributed by atoms with Gasteiger partial charge in [0.05, 0.1) is 10.4 Å². The van der Waals surface area contributed by atoms with Crippen molar-refractivity contribution in [2.75, 3.05) is 50.1 Å². The standard InChI is InChI=1S/C26H29N9OS/c1-3-35-24-17(14-20(25(35)36)21-8-9-22(37-21)23-28-16-29-32-23)15-27-26(31-24)30-18-4-6-19(7-5-18)34-12-10-33(2)11-13-34/h4-9,14-15,29H,3,10-13,16H2,1-2H3,(H,28,32)(H,27,30,31). The lowest BCUT2D eigenvalue weighted by Gasteiger charge is -2.34. The van der Waals surface area contributed by atoms with Crippen LogP contribution in [0.2, 0.25) is 0 Å². The van der Waals surface area contributed by atoms with Crippen molar-refractivity contribution in [3.05, 3.63) is 63.9 Å². The first-order chi connectivity index (χ1) is 18.1. The summed E-state index contributed by atoms with van der Waals surface area (Å²) in [4.78, 5) is 29.3. The number of nitrogens with zero attached hydrogens (tertiary/aromatic N) is 6. The van der Waals surface area contributed by atoms with E-state index in [-0.39, 0.29) is 5.56 Å². The smallest absolute Gasteiger partial charge is 0.260 e. The van der Waals surface area contributed by atoms with Crippen molar-refractivity contribution in [1.29, 1.82) is 0 Å². The molecular weight excluding hydrogens is 486 g/mol. The second-order valence-electron chi connectivity index (χ2n) is 9.18. The van der Waals surface area contributed by atoms with Gasteiger partial charge in [0.25, 0.3) is 5.56 Å². The van der Waals surface area contributed by atoms with E-state index in [0.717, 1.165) is 52.8 Å². The summed E-state index contributed by atoms with van der Waals surface area (Å²) in [6.07, 6.45) is 1.78. The number of piperazine rings is 1. The highest BCUT2D eigenvalue weighted by Crippen LogP contribution is 2.29. The van der Waals surface area contributed by atoms with Gasteiger partial charge in [-0.3, -0.25) is 14.8 Å². The number of pyridine rings is 1. The van der Waals surface area contributed by atoms with Gasteiger partial charge in [0.15, 0.2) is 5.84 Å². The van der Waals surface area contributed by atoms with E-state index >= 15 is 0 Å². The van der Waals surface area contributed by atoms with Crippen LogP contribution in [0.25, 0.3) is 21.5 Å². The minimum absolute atomic E-state index is 0.0657. The van der Waals surface area contributed by atoms with Gasteiger partial charge in [-0.15, -0.1) is 11.3 Å². The van der Waals surface area contributed by atoms with Gasteiger partial charge in [0.1, 0.15) is 12.3 Å². The first-order valence-corrected chi connectivity index (χ1v) is 13.3. The van der Waals surface area contributed by atoms with Crippen molar-refractivity contribution in [3.63, 3.8) is 0 Å². The van der Waals surface area contributed by atoms with Gasteiger partial charge in [-0.25, -0.2) is 4.98 Å². The summed E-state index contributed by atoms with van der Waals surface area (Å²) in [5.41, 5.74) is 6.22. The largest absolute Gasteiger partial charge is 0.369 e. The second kappa shape index (κ2) is 9.83. The van der Waals surface area contributed by atoms with Crippen LogP contribution in [-0.2, 0) is 6.54 Å². The number of aryl methyl sites for hydroxylation is 1. The fourth-order valence-electron chi connectivity index (χ4n) is 4.67. The van der Waals surface area contributed by atoms with Crippen LogP contribution < -0.4 is 26.5 Å². The number of aromatic nitrogens is 3. The molecule has 0 aliphatic carbocycles. The van der Waals surface area contributed by atoms with E-state index in [1.807, 2.05) is 37.3 Å². The fraction of sp³-hybridized carbons (Fsp3) is 0.308. The van der Waals surface area contributed by atoms with E-state index < -0.39 is 0 Å². The highest BCUT2D eigenvalue weighted by molar-refractivity contribution is 7.17. The summed E-state index contributed by atoms with van der Waals surface area (Å²) in [6.45, 7) is 7.28. The number of fused-ring (bicyclic) bond motifs is 1. The molecule has 10 nitrogen and oxygen atoms in total. The van der Waals surface area contributed by atoms with Crippen LogP contribution >= 0.6 is 11.3 Å². The molecule has 2 aliphatic heterocycles. The van der Waals surface area contributed by atoms with Crippen LogP contribution in [-0.4, -0.2) is 65.2 Å². The van der Waals surface area contributed by atoms with E-state index in [1.54, 1.807) is 10.8 Å². The average molecular weight is 516 g/mol. The van der Waals surface area contributed by atoms with Gasteiger partial charge in [0.2, 0.25) is 5.95 Å². The Morgan fingerprint density at radius 3 is 2.57 bits per heavy atom. The molecule has 3 aromatic heterocycles. The fourth-order valence-corrected chi connectivity index (χ4v) is 5.65. The van der Waals surface area contributed by atoms with Gasteiger partial charge >= 0.3 is 0 Å². The number of nitrogens with one attached hydrogen (secondary N) is 3. The van der Waals surface area contributed by atoms with Gasteiger partial charge in [-0.05, 0) is 56.4 Å². The van der Waals surface area contributed by atoms with Gasteiger partial charge in [0, 0.05) is 60.6 Å². The lowest BCUT2D eigenvalue weighted by Crippen LogP contribution is -2.44. The summed E-state index contributed by atoms with van der Waals surface area (Å²) in [6, 6.07) is 14.2. The molecule has 0 unspecified atom stereocenters. The van der Waals surface area contributed by atoms with Gasteiger partial charge < -0.3 is 20.4 Å². The van der Waals surface area contributed by atoms with E-state index in [2.05, 4.69) is 55.1 Å². The van der Waals surface area contributed by atoms with Crippen molar-refractivity contribution >= 4 is 45.5 Å². The zero-order valence-corrected chi connectivity index (χ0v) is 21.7. The predicted octanol–water partition coefficient (Wildman–Crippen LogP) is 2.85. The third-order valence-electron chi connectivity index (χ3n) is 6.77. The SMILES string of the molecule is CCn1c(=O)c(-c2ccc(C3=NNCN3)s2)cc2cnc(Nc3ccc(N4CCN(C)CC4)cc3)nc21. The molecule has 3 N–H and O–H groups in total.